The molecule has 0 saturated carbocycles. The van der Waals surface area contributed by atoms with Gasteiger partial charge in [-0.05, 0) is 46.2 Å². The second kappa shape index (κ2) is 10.6. The van der Waals surface area contributed by atoms with Crippen LogP contribution in [0.15, 0.2) is 0 Å². The van der Waals surface area contributed by atoms with Gasteiger partial charge < -0.3 is 14.8 Å². The van der Waals surface area contributed by atoms with Crippen LogP contribution in [0.2, 0.25) is 0 Å². The third-order valence-electron chi connectivity index (χ3n) is 3.66. The molecule has 1 aliphatic rings. The second-order valence-corrected chi connectivity index (χ2v) is 5.17. The van der Waals surface area contributed by atoms with Crippen LogP contribution in [0.1, 0.15) is 46.5 Å². The minimum absolute atomic E-state index is 0.0362. The number of ether oxygens (including phenoxy) is 2. The maximum atomic E-state index is 5.63. The molecule has 1 saturated heterocycles. The Hall–Kier alpha value is -0.160. The molecule has 4 nitrogen and oxygen atoms in total. The summed E-state index contributed by atoms with van der Waals surface area (Å²) in [5, 5.41) is 3.51. The molecule has 0 amide bonds. The molecule has 114 valence electrons. The van der Waals surface area contributed by atoms with Crippen molar-refractivity contribution < 1.29 is 9.47 Å². The van der Waals surface area contributed by atoms with E-state index in [2.05, 4.69) is 17.1 Å². The van der Waals surface area contributed by atoms with Gasteiger partial charge in [0.05, 0.1) is 0 Å². The van der Waals surface area contributed by atoms with Crippen molar-refractivity contribution in [3.8, 4) is 0 Å². The van der Waals surface area contributed by atoms with E-state index >= 15 is 0 Å². The van der Waals surface area contributed by atoms with Gasteiger partial charge >= 0.3 is 0 Å². The molecular formula is C15H32N2O2. The number of rotatable bonds is 10. The van der Waals surface area contributed by atoms with Gasteiger partial charge in [-0.25, -0.2) is 0 Å². The van der Waals surface area contributed by atoms with Gasteiger partial charge in [-0.3, -0.25) is 4.90 Å². The Kier molecular flexibility index (Phi) is 9.43. The van der Waals surface area contributed by atoms with Crippen LogP contribution < -0.4 is 5.32 Å². The van der Waals surface area contributed by atoms with E-state index in [0.717, 1.165) is 32.7 Å². The lowest BCUT2D eigenvalue weighted by atomic mass is 10.1. The molecule has 0 bridgehead atoms. The van der Waals surface area contributed by atoms with Gasteiger partial charge in [-0.1, -0.05) is 6.92 Å². The first-order valence-electron chi connectivity index (χ1n) is 7.99. The number of nitrogens with zero attached hydrogens (tertiary/aromatic N) is 1. The lowest BCUT2D eigenvalue weighted by molar-refractivity contribution is -0.142. The summed E-state index contributed by atoms with van der Waals surface area (Å²) in [6.07, 6.45) is 4.76. The summed E-state index contributed by atoms with van der Waals surface area (Å²) in [5.41, 5.74) is 0. The largest absolute Gasteiger partial charge is 0.353 e. The molecule has 1 unspecified atom stereocenters. The lowest BCUT2D eigenvalue weighted by Crippen LogP contribution is -2.47. The highest BCUT2D eigenvalue weighted by molar-refractivity contribution is 4.78. The molecule has 1 fully saturated rings. The monoisotopic (exact) mass is 272 g/mol. The molecule has 1 heterocycles. The molecule has 0 aromatic carbocycles. The minimum Gasteiger partial charge on any atom is -0.353 e. The first kappa shape index (κ1) is 16.9. The zero-order chi connectivity index (χ0) is 13.9. The standard InChI is InChI=1S/C15H32N2O2/c1-4-11-17(14-8-7-10-16-13-14)12-9-15(18-5-2)19-6-3/h14-16H,4-13H2,1-3H3. The first-order valence-corrected chi connectivity index (χ1v) is 7.99. The minimum atomic E-state index is -0.0362. The third-order valence-corrected chi connectivity index (χ3v) is 3.66. The van der Waals surface area contributed by atoms with E-state index < -0.39 is 0 Å². The SMILES string of the molecule is CCCN(CCC(OCC)OCC)C1CCCNC1. The van der Waals surface area contributed by atoms with Crippen molar-refractivity contribution in [3.05, 3.63) is 0 Å². The highest BCUT2D eigenvalue weighted by Crippen LogP contribution is 2.13. The summed E-state index contributed by atoms with van der Waals surface area (Å²) >= 11 is 0. The maximum absolute atomic E-state index is 5.63. The van der Waals surface area contributed by atoms with Crippen molar-refractivity contribution in [1.29, 1.82) is 0 Å². The van der Waals surface area contributed by atoms with Gasteiger partial charge in [0.2, 0.25) is 0 Å². The first-order chi connectivity index (χ1) is 9.31. The molecule has 0 aromatic heterocycles. The van der Waals surface area contributed by atoms with Crippen molar-refractivity contribution in [2.24, 2.45) is 0 Å². The summed E-state index contributed by atoms with van der Waals surface area (Å²) in [6.45, 7) is 12.3. The van der Waals surface area contributed by atoms with E-state index in [1.54, 1.807) is 0 Å². The van der Waals surface area contributed by atoms with E-state index in [4.69, 9.17) is 9.47 Å². The second-order valence-electron chi connectivity index (χ2n) is 5.17. The molecule has 4 heteroatoms. The molecule has 0 radical (unpaired) electrons. The predicted octanol–water partition coefficient (Wildman–Crippen LogP) is 2.24. The zero-order valence-corrected chi connectivity index (χ0v) is 13.0. The van der Waals surface area contributed by atoms with Crippen molar-refractivity contribution in [2.75, 3.05) is 39.4 Å². The van der Waals surface area contributed by atoms with Crippen molar-refractivity contribution in [3.63, 3.8) is 0 Å². The van der Waals surface area contributed by atoms with Crippen LogP contribution in [0.4, 0.5) is 0 Å². The fraction of sp³-hybridized carbons (Fsp3) is 1.00. The molecule has 1 rings (SSSR count). The lowest BCUT2D eigenvalue weighted by Gasteiger charge is -2.35. The summed E-state index contributed by atoms with van der Waals surface area (Å²) in [4.78, 5) is 2.61. The Balaban J connectivity index is 2.37. The summed E-state index contributed by atoms with van der Waals surface area (Å²) < 4.78 is 11.3. The van der Waals surface area contributed by atoms with Crippen molar-refractivity contribution in [2.45, 2.75) is 58.8 Å². The van der Waals surface area contributed by atoms with Gasteiger partial charge in [0.1, 0.15) is 0 Å². The predicted molar refractivity (Wildman–Crippen MR) is 79.4 cm³/mol. The summed E-state index contributed by atoms with van der Waals surface area (Å²) in [7, 11) is 0. The van der Waals surface area contributed by atoms with Gasteiger partial charge in [0.25, 0.3) is 0 Å². The van der Waals surface area contributed by atoms with Gasteiger partial charge in [0.15, 0.2) is 6.29 Å². The molecule has 19 heavy (non-hydrogen) atoms. The highest BCUT2D eigenvalue weighted by Gasteiger charge is 2.21. The van der Waals surface area contributed by atoms with E-state index in [1.807, 2.05) is 13.8 Å². The number of hydrogen-bond donors (Lipinski definition) is 1. The van der Waals surface area contributed by atoms with Crippen LogP contribution in [0, 0.1) is 0 Å². The Morgan fingerprint density at radius 1 is 1.16 bits per heavy atom. The third kappa shape index (κ3) is 6.70. The quantitative estimate of drug-likeness (QED) is 0.618. The van der Waals surface area contributed by atoms with E-state index in [9.17, 15) is 0 Å². The molecule has 1 aliphatic heterocycles. The number of nitrogens with one attached hydrogen (secondary N) is 1. The van der Waals surface area contributed by atoms with Crippen molar-refractivity contribution in [1.82, 2.24) is 10.2 Å². The van der Waals surface area contributed by atoms with Crippen molar-refractivity contribution >= 4 is 0 Å². The van der Waals surface area contributed by atoms with Crippen LogP contribution in [0.5, 0.6) is 0 Å². The molecule has 0 aliphatic carbocycles. The Bertz CT molecular complexity index is 202. The van der Waals surface area contributed by atoms with Crippen LogP contribution >= 0.6 is 0 Å². The topological polar surface area (TPSA) is 33.7 Å². The van der Waals surface area contributed by atoms with Gasteiger partial charge in [-0.15, -0.1) is 0 Å². The van der Waals surface area contributed by atoms with E-state index in [1.165, 1.54) is 32.4 Å². The number of hydrogen-bond acceptors (Lipinski definition) is 4. The van der Waals surface area contributed by atoms with Crippen LogP contribution in [0.3, 0.4) is 0 Å². The Labute approximate surface area is 118 Å². The summed E-state index contributed by atoms with van der Waals surface area (Å²) in [6, 6.07) is 0.692. The average Bonchev–Trinajstić information content (AvgIpc) is 2.44. The van der Waals surface area contributed by atoms with Crippen LogP contribution in [-0.4, -0.2) is 56.6 Å². The average molecular weight is 272 g/mol. The maximum Gasteiger partial charge on any atom is 0.158 e. The van der Waals surface area contributed by atoms with Gasteiger partial charge in [0, 0.05) is 38.8 Å². The highest BCUT2D eigenvalue weighted by atomic mass is 16.7. The van der Waals surface area contributed by atoms with E-state index in [0.29, 0.717) is 6.04 Å². The fourth-order valence-electron chi connectivity index (χ4n) is 2.77. The smallest absolute Gasteiger partial charge is 0.158 e. The normalized spacial score (nSPS) is 20.4. The van der Waals surface area contributed by atoms with Crippen LogP contribution in [-0.2, 0) is 9.47 Å². The molecule has 0 spiro atoms. The molecule has 1 N–H and O–H groups in total. The molecule has 1 atom stereocenters. The molecular weight excluding hydrogens is 240 g/mol. The molecule has 0 aromatic rings. The van der Waals surface area contributed by atoms with Crippen LogP contribution in [0.25, 0.3) is 0 Å². The fourth-order valence-corrected chi connectivity index (χ4v) is 2.77. The zero-order valence-electron chi connectivity index (χ0n) is 13.0. The van der Waals surface area contributed by atoms with Gasteiger partial charge in [-0.2, -0.15) is 0 Å². The number of piperidine rings is 1. The Morgan fingerprint density at radius 3 is 2.42 bits per heavy atom. The summed E-state index contributed by atoms with van der Waals surface area (Å²) in [5.74, 6) is 0. The van der Waals surface area contributed by atoms with E-state index in [-0.39, 0.29) is 6.29 Å². The Morgan fingerprint density at radius 2 is 1.89 bits per heavy atom.